The first kappa shape index (κ1) is 16.8. The van der Waals surface area contributed by atoms with Crippen LogP contribution >= 0.6 is 0 Å². The number of hydrogen-bond acceptors (Lipinski definition) is 3. The zero-order valence-electron chi connectivity index (χ0n) is 13.2. The summed E-state index contributed by atoms with van der Waals surface area (Å²) in [6.07, 6.45) is -2.98. The molecular formula is C18H14F3N3O. The molecule has 0 saturated heterocycles. The molecule has 0 fully saturated rings. The van der Waals surface area contributed by atoms with Crippen LogP contribution in [0.25, 0.3) is 0 Å². The molecule has 0 unspecified atom stereocenters. The van der Waals surface area contributed by atoms with Crippen molar-refractivity contribution in [3.05, 3.63) is 71.9 Å². The van der Waals surface area contributed by atoms with Gasteiger partial charge in [-0.3, -0.25) is 4.79 Å². The van der Waals surface area contributed by atoms with E-state index in [1.807, 2.05) is 30.3 Å². The van der Waals surface area contributed by atoms with Crippen LogP contribution in [0.4, 0.5) is 24.5 Å². The molecular weight excluding hydrogens is 331 g/mol. The van der Waals surface area contributed by atoms with Crippen LogP contribution in [0.15, 0.2) is 71.5 Å². The Kier molecular flexibility index (Phi) is 4.31. The second-order valence-corrected chi connectivity index (χ2v) is 5.42. The Hall–Kier alpha value is -3.09. The third-order valence-corrected chi connectivity index (χ3v) is 3.64. The predicted octanol–water partition coefficient (Wildman–Crippen LogP) is 4.42. The van der Waals surface area contributed by atoms with E-state index in [9.17, 15) is 18.0 Å². The minimum absolute atomic E-state index is 0.0716. The second kappa shape index (κ2) is 6.43. The van der Waals surface area contributed by atoms with Crippen molar-refractivity contribution in [2.24, 2.45) is 5.10 Å². The lowest BCUT2D eigenvalue weighted by molar-refractivity contribution is -0.137. The van der Waals surface area contributed by atoms with Gasteiger partial charge in [-0.2, -0.15) is 23.3 Å². The normalized spacial score (nSPS) is 16.3. The molecule has 0 saturated carbocycles. The number of rotatable bonds is 3. The van der Waals surface area contributed by atoms with Crippen LogP contribution in [0.2, 0.25) is 0 Å². The number of hydrazone groups is 1. The molecule has 3 rings (SSSR count). The highest BCUT2D eigenvalue weighted by atomic mass is 19.4. The average molecular weight is 345 g/mol. The predicted molar refractivity (Wildman–Crippen MR) is 90.2 cm³/mol. The number of nitrogens with zero attached hydrogens (tertiary/aromatic N) is 2. The summed E-state index contributed by atoms with van der Waals surface area (Å²) >= 11 is 0. The molecule has 2 aromatic carbocycles. The van der Waals surface area contributed by atoms with Crippen LogP contribution in [0, 0.1) is 0 Å². The number of nitrogens with one attached hydrogen (secondary N) is 1. The van der Waals surface area contributed by atoms with Crippen LogP contribution in [0.5, 0.6) is 0 Å². The van der Waals surface area contributed by atoms with Gasteiger partial charge < -0.3 is 5.32 Å². The Morgan fingerprint density at radius 3 is 2.48 bits per heavy atom. The molecule has 128 valence electrons. The van der Waals surface area contributed by atoms with E-state index < -0.39 is 17.6 Å². The highest BCUT2D eigenvalue weighted by molar-refractivity contribution is 6.29. The molecule has 4 nitrogen and oxygen atoms in total. The summed E-state index contributed by atoms with van der Waals surface area (Å²) < 4.78 is 38.6. The molecule has 0 spiro atoms. The summed E-state index contributed by atoms with van der Waals surface area (Å²) in [5.41, 5.74) is 0.744. The Labute approximate surface area is 142 Å². The van der Waals surface area contributed by atoms with Gasteiger partial charge in [0.2, 0.25) is 0 Å². The van der Waals surface area contributed by atoms with E-state index in [4.69, 9.17) is 0 Å². The minimum atomic E-state index is -4.48. The number of alkyl halides is 3. The number of hydrogen-bond donors (Lipinski definition) is 1. The quantitative estimate of drug-likeness (QED) is 0.837. The molecule has 1 N–H and O–H groups in total. The summed E-state index contributed by atoms with van der Waals surface area (Å²) in [6, 6.07) is 13.7. The number of para-hydroxylation sites is 1. The highest BCUT2D eigenvalue weighted by Crippen LogP contribution is 2.33. The highest BCUT2D eigenvalue weighted by Gasteiger charge is 2.33. The first-order valence-corrected chi connectivity index (χ1v) is 7.45. The Morgan fingerprint density at radius 1 is 1.08 bits per heavy atom. The van der Waals surface area contributed by atoms with Crippen molar-refractivity contribution in [3.8, 4) is 0 Å². The van der Waals surface area contributed by atoms with Crippen LogP contribution in [-0.4, -0.2) is 11.6 Å². The van der Waals surface area contributed by atoms with E-state index in [0.29, 0.717) is 11.3 Å². The Morgan fingerprint density at radius 2 is 1.80 bits per heavy atom. The van der Waals surface area contributed by atoms with Crippen molar-refractivity contribution in [2.45, 2.75) is 13.1 Å². The van der Waals surface area contributed by atoms with Gasteiger partial charge in [0, 0.05) is 11.9 Å². The molecule has 0 radical (unpaired) electrons. The molecule has 0 aliphatic carbocycles. The van der Waals surface area contributed by atoms with E-state index in [1.165, 1.54) is 18.3 Å². The molecule has 1 aliphatic heterocycles. The fourth-order valence-corrected chi connectivity index (χ4v) is 2.36. The summed E-state index contributed by atoms with van der Waals surface area (Å²) in [6.45, 7) is 1.63. The molecule has 7 heteroatoms. The van der Waals surface area contributed by atoms with Gasteiger partial charge in [-0.05, 0) is 37.3 Å². The smallest absolute Gasteiger partial charge is 0.361 e. The minimum Gasteiger partial charge on any atom is -0.361 e. The summed E-state index contributed by atoms with van der Waals surface area (Å²) in [5.74, 6) is -0.486. The molecule has 0 aromatic heterocycles. The fourth-order valence-electron chi connectivity index (χ4n) is 2.36. The number of amides is 1. The van der Waals surface area contributed by atoms with E-state index in [-0.39, 0.29) is 5.69 Å². The molecule has 25 heavy (non-hydrogen) atoms. The molecule has 1 amide bonds. The molecule has 0 atom stereocenters. The van der Waals surface area contributed by atoms with Gasteiger partial charge in [0.1, 0.15) is 0 Å². The second-order valence-electron chi connectivity index (χ2n) is 5.42. The Bertz CT molecular complexity index is 857. The molecule has 1 heterocycles. The SMILES string of the molecule is CC1=NN(c2cccc(C(F)(F)F)c2)C(=O)C1=CNc1ccccc1. The standard InChI is InChI=1S/C18H14F3N3O/c1-12-16(11-22-14-7-3-2-4-8-14)17(25)24(23-12)15-9-5-6-13(10-15)18(19,20)21/h2-11,22H,1H3. The number of halogens is 3. The largest absolute Gasteiger partial charge is 0.416 e. The fraction of sp³-hybridized carbons (Fsp3) is 0.111. The number of carbonyl (C=O) groups is 1. The van der Waals surface area contributed by atoms with Crippen LogP contribution < -0.4 is 10.3 Å². The lowest BCUT2D eigenvalue weighted by Crippen LogP contribution is -2.22. The number of carbonyl (C=O) groups excluding carboxylic acids is 1. The maximum atomic E-state index is 12.9. The van der Waals surface area contributed by atoms with Crippen molar-refractivity contribution in [1.82, 2.24) is 0 Å². The molecule has 1 aliphatic rings. The van der Waals surface area contributed by atoms with Gasteiger partial charge >= 0.3 is 6.18 Å². The first-order valence-electron chi connectivity index (χ1n) is 7.45. The summed E-state index contributed by atoms with van der Waals surface area (Å²) in [4.78, 5) is 12.5. The van der Waals surface area contributed by atoms with Gasteiger partial charge in [-0.25, -0.2) is 0 Å². The maximum absolute atomic E-state index is 12.9. The molecule has 2 aromatic rings. The Balaban J connectivity index is 1.85. The van der Waals surface area contributed by atoms with Gasteiger partial charge in [0.25, 0.3) is 5.91 Å². The lowest BCUT2D eigenvalue weighted by Gasteiger charge is -2.14. The van der Waals surface area contributed by atoms with E-state index in [2.05, 4.69) is 10.4 Å². The van der Waals surface area contributed by atoms with Gasteiger partial charge in [0.05, 0.1) is 22.5 Å². The van der Waals surface area contributed by atoms with Crippen molar-refractivity contribution in [3.63, 3.8) is 0 Å². The number of anilines is 2. The molecule has 0 bridgehead atoms. The van der Waals surface area contributed by atoms with E-state index in [0.717, 1.165) is 22.8 Å². The lowest BCUT2D eigenvalue weighted by atomic mass is 10.1. The zero-order chi connectivity index (χ0) is 18.0. The van der Waals surface area contributed by atoms with Gasteiger partial charge in [0.15, 0.2) is 0 Å². The van der Waals surface area contributed by atoms with Crippen LogP contribution in [0.3, 0.4) is 0 Å². The van der Waals surface area contributed by atoms with Crippen molar-refractivity contribution >= 4 is 23.0 Å². The third kappa shape index (κ3) is 3.55. The van der Waals surface area contributed by atoms with Crippen LogP contribution in [0.1, 0.15) is 12.5 Å². The first-order chi connectivity index (χ1) is 11.9. The average Bonchev–Trinajstić information content (AvgIpc) is 2.88. The van der Waals surface area contributed by atoms with Crippen molar-refractivity contribution < 1.29 is 18.0 Å². The van der Waals surface area contributed by atoms with E-state index in [1.54, 1.807) is 6.92 Å². The van der Waals surface area contributed by atoms with Gasteiger partial charge in [-0.1, -0.05) is 24.3 Å². The van der Waals surface area contributed by atoms with Crippen molar-refractivity contribution in [2.75, 3.05) is 10.3 Å². The monoisotopic (exact) mass is 345 g/mol. The summed E-state index contributed by atoms with van der Waals surface area (Å²) in [7, 11) is 0. The van der Waals surface area contributed by atoms with Crippen LogP contribution in [-0.2, 0) is 11.0 Å². The summed E-state index contributed by atoms with van der Waals surface area (Å²) in [5, 5.41) is 8.04. The van der Waals surface area contributed by atoms with Gasteiger partial charge in [-0.15, -0.1) is 0 Å². The number of benzene rings is 2. The van der Waals surface area contributed by atoms with Crippen molar-refractivity contribution in [1.29, 1.82) is 0 Å². The third-order valence-electron chi connectivity index (χ3n) is 3.64. The topological polar surface area (TPSA) is 44.7 Å². The van der Waals surface area contributed by atoms with E-state index >= 15 is 0 Å². The maximum Gasteiger partial charge on any atom is 0.416 e. The zero-order valence-corrected chi connectivity index (χ0v) is 13.2.